The third kappa shape index (κ3) is 8.17. The van der Waals surface area contributed by atoms with Crippen molar-refractivity contribution in [3.8, 4) is 77.9 Å². The summed E-state index contributed by atoms with van der Waals surface area (Å²) in [6.45, 7) is 14.0. The summed E-state index contributed by atoms with van der Waals surface area (Å²) in [6.07, 6.45) is 0. The number of hydrogen-bond acceptors (Lipinski definition) is 3. The number of benzene rings is 14. The molecular formula is C93H68N2S. The van der Waals surface area contributed by atoms with Gasteiger partial charge in [0, 0.05) is 65.1 Å². The summed E-state index contributed by atoms with van der Waals surface area (Å²) >= 11 is 1.88. The molecule has 3 heteroatoms. The fourth-order valence-electron chi connectivity index (χ4n) is 17.4. The molecule has 456 valence electrons. The summed E-state index contributed by atoms with van der Waals surface area (Å²) in [7, 11) is 0. The summed E-state index contributed by atoms with van der Waals surface area (Å²) < 4.78 is 2.63. The van der Waals surface area contributed by atoms with E-state index in [0.717, 1.165) is 45.3 Å². The Morgan fingerprint density at radius 1 is 0.240 bits per heavy atom. The number of rotatable bonds is 9. The van der Waals surface area contributed by atoms with Gasteiger partial charge in [0.2, 0.25) is 0 Å². The Balaban J connectivity index is 0.765. The van der Waals surface area contributed by atoms with Crippen LogP contribution in [-0.4, -0.2) is 0 Å². The average Bonchev–Trinajstić information content (AvgIpc) is 1.51. The second kappa shape index (κ2) is 20.9. The summed E-state index contributed by atoms with van der Waals surface area (Å²) in [5.74, 6) is 0. The first-order valence-corrected chi connectivity index (χ1v) is 34.6. The largest absolute Gasteiger partial charge is 0.310 e. The van der Waals surface area contributed by atoms with Crippen molar-refractivity contribution < 1.29 is 0 Å². The summed E-state index contributed by atoms with van der Waals surface area (Å²) in [4.78, 5) is 4.99. The van der Waals surface area contributed by atoms with E-state index in [-0.39, 0.29) is 10.8 Å². The van der Waals surface area contributed by atoms with Gasteiger partial charge in [-0.15, -0.1) is 11.3 Å². The van der Waals surface area contributed by atoms with Crippen LogP contribution in [0.5, 0.6) is 0 Å². The van der Waals surface area contributed by atoms with Crippen LogP contribution in [0.15, 0.2) is 303 Å². The van der Waals surface area contributed by atoms with Crippen molar-refractivity contribution in [1.29, 1.82) is 0 Å². The molecular weight excluding hydrogens is 1180 g/mol. The molecule has 0 saturated carbocycles. The van der Waals surface area contributed by atoms with Gasteiger partial charge in [0.25, 0.3) is 0 Å². The molecule has 0 unspecified atom stereocenters. The number of fused-ring (bicyclic) bond motifs is 19. The van der Waals surface area contributed by atoms with E-state index in [1.807, 2.05) is 11.3 Å². The first kappa shape index (κ1) is 56.4. The third-order valence-electron chi connectivity index (χ3n) is 22.0. The lowest BCUT2D eigenvalue weighted by atomic mass is 9.70. The average molecular weight is 1250 g/mol. The van der Waals surface area contributed by atoms with Crippen molar-refractivity contribution in [3.05, 3.63) is 359 Å². The topological polar surface area (TPSA) is 6.48 Å². The maximum absolute atomic E-state index is 2.52. The number of thiophene rings is 1. The van der Waals surface area contributed by atoms with E-state index >= 15 is 0 Å². The molecule has 19 rings (SSSR count). The second-order valence-electron chi connectivity index (χ2n) is 28.1. The fourth-order valence-corrected chi connectivity index (χ4v) is 18.6. The highest BCUT2D eigenvalue weighted by molar-refractivity contribution is 7.26. The maximum atomic E-state index is 2.52. The van der Waals surface area contributed by atoms with Crippen LogP contribution >= 0.6 is 11.3 Å². The van der Waals surface area contributed by atoms with E-state index in [2.05, 4.69) is 355 Å². The predicted octanol–water partition coefficient (Wildman–Crippen LogP) is 25.6. The van der Waals surface area contributed by atoms with Gasteiger partial charge in [-0.3, -0.25) is 0 Å². The van der Waals surface area contributed by atoms with Gasteiger partial charge in [0.05, 0.1) is 5.41 Å². The Bertz CT molecular complexity index is 5570. The van der Waals surface area contributed by atoms with E-state index in [4.69, 9.17) is 0 Å². The number of nitrogens with zero attached hydrogens (tertiary/aromatic N) is 2. The van der Waals surface area contributed by atoms with E-state index in [9.17, 15) is 0 Å². The van der Waals surface area contributed by atoms with E-state index in [1.54, 1.807) is 0 Å². The van der Waals surface area contributed by atoms with Crippen molar-refractivity contribution in [2.75, 3.05) is 9.80 Å². The van der Waals surface area contributed by atoms with Crippen LogP contribution in [0.4, 0.5) is 34.1 Å². The molecule has 15 aromatic rings. The molecule has 96 heavy (non-hydrogen) atoms. The van der Waals surface area contributed by atoms with Crippen LogP contribution in [0.25, 0.3) is 98.1 Å². The highest BCUT2D eigenvalue weighted by atomic mass is 32.1. The second-order valence-corrected chi connectivity index (χ2v) is 29.1. The molecule has 0 radical (unpaired) electrons. The standard InChI is InChI=1S/C93H68N2S/c1-57-31-45-73-75-48-42-65(54-86(75)91(3,4)84(73)51-57)95(66-43-49-76-74-46-32-58(2)52-85(74)92(5,6)87(76)55-66)64-41-47-68(80(53-64)59-19-8-7-9-20-59)60-33-37-62(38-34-60)94(63-39-35-61(36-40-63)69-25-18-26-79-78-24-13-17-30-89(78)96-90(69)79)67-44-50-77-72-23-12-16-29-83(72)93(88(77)56-67)81-27-14-10-21-70(81)71-22-11-15-28-82(71)93/h7-56H,1-6H3. The molecule has 2 nitrogen and oxygen atoms in total. The maximum Gasteiger partial charge on any atom is 0.0726 e. The van der Waals surface area contributed by atoms with Gasteiger partial charge in [-0.05, 0) is 215 Å². The molecule has 1 heterocycles. The molecule has 0 amide bonds. The molecule has 14 aromatic carbocycles. The highest BCUT2D eigenvalue weighted by Gasteiger charge is 2.52. The van der Waals surface area contributed by atoms with Gasteiger partial charge in [0.1, 0.15) is 0 Å². The van der Waals surface area contributed by atoms with Gasteiger partial charge < -0.3 is 9.80 Å². The molecule has 4 aliphatic rings. The normalized spacial score (nSPS) is 14.2. The molecule has 0 aliphatic heterocycles. The lowest BCUT2D eigenvalue weighted by Crippen LogP contribution is -2.26. The lowest BCUT2D eigenvalue weighted by molar-refractivity contribution is 0.659. The molecule has 1 aromatic heterocycles. The van der Waals surface area contributed by atoms with Gasteiger partial charge in [-0.1, -0.05) is 263 Å². The zero-order valence-electron chi connectivity index (χ0n) is 54.7. The van der Waals surface area contributed by atoms with Crippen LogP contribution in [0, 0.1) is 13.8 Å². The van der Waals surface area contributed by atoms with Gasteiger partial charge in [-0.2, -0.15) is 0 Å². The fraction of sp³-hybridized carbons (Fsp3) is 0.0968. The molecule has 0 N–H and O–H groups in total. The van der Waals surface area contributed by atoms with Crippen molar-refractivity contribution in [2.45, 2.75) is 57.8 Å². The minimum Gasteiger partial charge on any atom is -0.310 e. The zero-order chi connectivity index (χ0) is 64.3. The Labute approximate surface area is 566 Å². The minimum absolute atomic E-state index is 0.180. The van der Waals surface area contributed by atoms with E-state index in [1.165, 1.54) is 143 Å². The van der Waals surface area contributed by atoms with Gasteiger partial charge in [-0.25, -0.2) is 0 Å². The summed E-state index contributed by atoms with van der Waals surface area (Å²) in [6, 6.07) is 115. The van der Waals surface area contributed by atoms with Crippen molar-refractivity contribution in [2.24, 2.45) is 0 Å². The van der Waals surface area contributed by atoms with Gasteiger partial charge >= 0.3 is 0 Å². The summed E-state index contributed by atoms with van der Waals surface area (Å²) in [5.41, 5.74) is 36.7. The number of aryl methyl sites for hydroxylation is 2. The highest BCUT2D eigenvalue weighted by Crippen LogP contribution is 2.64. The molecule has 4 aliphatic carbocycles. The number of hydrogen-bond donors (Lipinski definition) is 0. The third-order valence-corrected chi connectivity index (χ3v) is 23.2. The van der Waals surface area contributed by atoms with Crippen molar-refractivity contribution >= 4 is 65.6 Å². The molecule has 1 spiro atoms. The Morgan fingerprint density at radius 3 is 1.12 bits per heavy atom. The first-order valence-electron chi connectivity index (χ1n) is 33.8. The van der Waals surface area contributed by atoms with E-state index < -0.39 is 5.41 Å². The van der Waals surface area contributed by atoms with Crippen LogP contribution < -0.4 is 9.80 Å². The smallest absolute Gasteiger partial charge is 0.0726 e. The van der Waals surface area contributed by atoms with Crippen LogP contribution in [0.3, 0.4) is 0 Å². The van der Waals surface area contributed by atoms with Crippen LogP contribution in [0.1, 0.15) is 83.3 Å². The number of anilines is 6. The van der Waals surface area contributed by atoms with Crippen molar-refractivity contribution in [1.82, 2.24) is 0 Å². The molecule has 0 fully saturated rings. The molecule has 0 atom stereocenters. The zero-order valence-corrected chi connectivity index (χ0v) is 55.5. The Hall–Kier alpha value is -11.1. The lowest BCUT2D eigenvalue weighted by Gasteiger charge is -2.32. The van der Waals surface area contributed by atoms with Gasteiger partial charge in [0.15, 0.2) is 0 Å². The van der Waals surface area contributed by atoms with Crippen LogP contribution in [-0.2, 0) is 16.2 Å². The monoisotopic (exact) mass is 1240 g/mol. The summed E-state index contributed by atoms with van der Waals surface area (Å²) in [5, 5.41) is 2.62. The first-order chi connectivity index (χ1) is 46.9. The SMILES string of the molecule is Cc1ccc2c(c1)C(C)(C)c1cc(N(c3ccc(-c4ccc(N(c5ccc(-c6cccc7c6sc6ccccc67)cc5)c5ccc6c(c5)C5(c7ccccc7-c7ccccc75)c5ccccc5-6)cc4)c(-c4ccccc4)c3)c3ccc4c(c3)C(C)(C)c3cc(C)ccc3-4)ccc1-2. The quantitative estimate of drug-likeness (QED) is 0.142. The van der Waals surface area contributed by atoms with Crippen LogP contribution in [0.2, 0.25) is 0 Å². The Morgan fingerprint density at radius 2 is 0.594 bits per heavy atom. The van der Waals surface area contributed by atoms with E-state index in [0.29, 0.717) is 0 Å². The minimum atomic E-state index is -0.489. The van der Waals surface area contributed by atoms with Crippen molar-refractivity contribution in [3.63, 3.8) is 0 Å². The Kier molecular flexibility index (Phi) is 12.3. The predicted molar refractivity (Wildman–Crippen MR) is 406 cm³/mol. The molecule has 0 bridgehead atoms. The molecule has 0 saturated heterocycles.